The Balaban J connectivity index is 2.39. The molecule has 26 heavy (non-hydrogen) atoms. The highest BCUT2D eigenvalue weighted by molar-refractivity contribution is 5.81. The Kier molecular flexibility index (Phi) is 6.59. The topological polar surface area (TPSA) is 91.6 Å². The van der Waals surface area contributed by atoms with Crippen LogP contribution in [-0.2, 0) is 9.53 Å². The molecular weight excluding hydrogens is 332 g/mol. The second kappa shape index (κ2) is 8.88. The number of aliphatic hydroxyl groups is 1. The van der Waals surface area contributed by atoms with Crippen LogP contribution in [0.25, 0.3) is 0 Å². The molecule has 0 aliphatic rings. The molecule has 2 unspecified atom stereocenters. The largest absolute Gasteiger partial charge is 0.496 e. The van der Waals surface area contributed by atoms with Crippen LogP contribution in [0.15, 0.2) is 42.5 Å². The number of nitrogens with zero attached hydrogens (tertiary/aromatic N) is 1. The van der Waals surface area contributed by atoms with Crippen molar-refractivity contribution < 1.29 is 19.4 Å². The summed E-state index contributed by atoms with van der Waals surface area (Å²) in [5, 5.41) is 22.0. The smallest absolute Gasteiger partial charge is 0.333 e. The maximum Gasteiger partial charge on any atom is 0.333 e. The Bertz CT molecular complexity index is 794. The fourth-order valence-corrected chi connectivity index (χ4v) is 2.57. The summed E-state index contributed by atoms with van der Waals surface area (Å²) in [4.78, 5) is 12.5. The highest BCUT2D eigenvalue weighted by Crippen LogP contribution is 2.30. The van der Waals surface area contributed by atoms with Crippen molar-refractivity contribution in [1.82, 2.24) is 0 Å². The zero-order valence-corrected chi connectivity index (χ0v) is 15.0. The van der Waals surface area contributed by atoms with Crippen molar-refractivity contribution in [3.05, 3.63) is 59.2 Å². The first kappa shape index (κ1) is 19.3. The van der Waals surface area contributed by atoms with Crippen molar-refractivity contribution in [1.29, 1.82) is 5.26 Å². The Morgan fingerprint density at radius 2 is 1.96 bits per heavy atom. The van der Waals surface area contributed by atoms with Gasteiger partial charge in [0, 0.05) is 11.3 Å². The van der Waals surface area contributed by atoms with E-state index in [1.807, 2.05) is 0 Å². The van der Waals surface area contributed by atoms with Crippen molar-refractivity contribution in [2.24, 2.45) is 0 Å². The third-order valence-electron chi connectivity index (χ3n) is 3.88. The number of aliphatic hydroxyl groups excluding tert-OH is 1. The lowest BCUT2D eigenvalue weighted by atomic mass is 10.00. The summed E-state index contributed by atoms with van der Waals surface area (Å²) in [6.45, 7) is 3.63. The van der Waals surface area contributed by atoms with Crippen molar-refractivity contribution in [3.63, 3.8) is 0 Å². The lowest BCUT2D eigenvalue weighted by Crippen LogP contribution is -2.23. The Labute approximate surface area is 153 Å². The van der Waals surface area contributed by atoms with Crippen LogP contribution in [0.5, 0.6) is 5.75 Å². The number of carbonyl (C=O) groups excluding carboxylic acids is 1. The molecular formula is C20H22N2O4. The van der Waals surface area contributed by atoms with Crippen molar-refractivity contribution in [2.45, 2.75) is 26.0 Å². The first-order valence-electron chi connectivity index (χ1n) is 8.29. The molecule has 0 aliphatic heterocycles. The number of nitriles is 1. The number of hydrogen-bond acceptors (Lipinski definition) is 6. The summed E-state index contributed by atoms with van der Waals surface area (Å²) in [6, 6.07) is 13.3. The van der Waals surface area contributed by atoms with Crippen LogP contribution < -0.4 is 10.1 Å². The molecule has 0 amide bonds. The number of rotatable bonds is 7. The van der Waals surface area contributed by atoms with Crippen LogP contribution in [0.3, 0.4) is 0 Å². The van der Waals surface area contributed by atoms with E-state index in [0.717, 1.165) is 0 Å². The summed E-state index contributed by atoms with van der Waals surface area (Å²) >= 11 is 0. The summed E-state index contributed by atoms with van der Waals surface area (Å²) in [5.74, 6) is 0.114. The molecule has 0 bridgehead atoms. The Morgan fingerprint density at radius 3 is 2.50 bits per heavy atom. The lowest BCUT2D eigenvalue weighted by molar-refractivity contribution is -0.144. The van der Waals surface area contributed by atoms with E-state index < -0.39 is 18.1 Å². The summed E-state index contributed by atoms with van der Waals surface area (Å²) in [7, 11) is 1.53. The molecule has 0 spiro atoms. The van der Waals surface area contributed by atoms with Gasteiger partial charge < -0.3 is 19.9 Å². The first-order chi connectivity index (χ1) is 12.5. The van der Waals surface area contributed by atoms with E-state index in [-0.39, 0.29) is 6.61 Å². The number of hydrogen-bond donors (Lipinski definition) is 2. The molecule has 0 aromatic heterocycles. The van der Waals surface area contributed by atoms with Crippen LogP contribution >= 0.6 is 0 Å². The first-order valence-corrected chi connectivity index (χ1v) is 8.29. The van der Waals surface area contributed by atoms with Gasteiger partial charge in [-0.3, -0.25) is 0 Å². The highest BCUT2D eigenvalue weighted by Gasteiger charge is 2.24. The quantitative estimate of drug-likeness (QED) is 0.741. The van der Waals surface area contributed by atoms with E-state index in [1.165, 1.54) is 7.11 Å². The normalized spacial score (nSPS) is 12.6. The van der Waals surface area contributed by atoms with E-state index in [4.69, 9.17) is 14.7 Å². The van der Waals surface area contributed by atoms with E-state index in [0.29, 0.717) is 28.1 Å². The number of carbonyl (C=O) groups is 1. The molecule has 0 saturated carbocycles. The second-order valence-electron chi connectivity index (χ2n) is 5.70. The monoisotopic (exact) mass is 354 g/mol. The molecule has 0 saturated heterocycles. The summed E-state index contributed by atoms with van der Waals surface area (Å²) in [6.07, 6.45) is -0.748. The molecule has 2 rings (SSSR count). The lowest BCUT2D eigenvalue weighted by Gasteiger charge is -2.21. The van der Waals surface area contributed by atoms with Crippen LogP contribution in [0.2, 0.25) is 0 Å². The molecule has 2 aromatic carbocycles. The van der Waals surface area contributed by atoms with Crippen molar-refractivity contribution in [3.8, 4) is 11.8 Å². The second-order valence-corrected chi connectivity index (χ2v) is 5.70. The van der Waals surface area contributed by atoms with Crippen molar-refractivity contribution in [2.75, 3.05) is 19.0 Å². The molecule has 0 aliphatic carbocycles. The zero-order chi connectivity index (χ0) is 19.1. The van der Waals surface area contributed by atoms with E-state index in [2.05, 4.69) is 11.4 Å². The van der Waals surface area contributed by atoms with Gasteiger partial charge in [0.2, 0.25) is 0 Å². The van der Waals surface area contributed by atoms with Gasteiger partial charge in [0.1, 0.15) is 5.75 Å². The number of ether oxygens (including phenoxy) is 2. The summed E-state index contributed by atoms with van der Waals surface area (Å²) in [5.41, 5.74) is 2.44. The van der Waals surface area contributed by atoms with Gasteiger partial charge >= 0.3 is 5.97 Å². The summed E-state index contributed by atoms with van der Waals surface area (Å²) < 4.78 is 10.5. The maximum atomic E-state index is 12.5. The Hall–Kier alpha value is -3.04. The Morgan fingerprint density at radius 1 is 1.27 bits per heavy atom. The van der Waals surface area contributed by atoms with Gasteiger partial charge in [-0.25, -0.2) is 4.79 Å². The van der Waals surface area contributed by atoms with Gasteiger partial charge in [0.25, 0.3) is 0 Å². The average molecular weight is 354 g/mol. The molecule has 6 nitrogen and oxygen atoms in total. The molecule has 2 aromatic rings. The van der Waals surface area contributed by atoms with Crippen LogP contribution in [0, 0.1) is 11.3 Å². The van der Waals surface area contributed by atoms with Gasteiger partial charge in [-0.15, -0.1) is 0 Å². The molecule has 0 heterocycles. The molecule has 0 fully saturated rings. The minimum atomic E-state index is -0.758. The zero-order valence-electron chi connectivity index (χ0n) is 15.0. The van der Waals surface area contributed by atoms with Crippen LogP contribution in [0.4, 0.5) is 5.69 Å². The van der Waals surface area contributed by atoms with Crippen LogP contribution in [-0.4, -0.2) is 24.8 Å². The van der Waals surface area contributed by atoms with E-state index in [9.17, 15) is 9.90 Å². The van der Waals surface area contributed by atoms with E-state index >= 15 is 0 Å². The SMILES string of the molecule is CCOC(=O)C(Nc1ccc(C#N)cc1)c1ccc(OC)c(C(C)O)c1. The van der Waals surface area contributed by atoms with Crippen molar-refractivity contribution >= 4 is 11.7 Å². The number of anilines is 1. The molecule has 136 valence electrons. The molecule has 2 atom stereocenters. The maximum absolute atomic E-state index is 12.5. The van der Waals surface area contributed by atoms with Gasteiger partial charge in [-0.1, -0.05) is 6.07 Å². The predicted octanol–water partition coefficient (Wildman–Crippen LogP) is 3.34. The van der Waals surface area contributed by atoms with Gasteiger partial charge in [-0.05, 0) is 55.8 Å². The minimum absolute atomic E-state index is 0.254. The van der Waals surface area contributed by atoms with E-state index in [1.54, 1.807) is 56.3 Å². The number of nitrogens with one attached hydrogen (secondary N) is 1. The molecule has 2 N–H and O–H groups in total. The fraction of sp³-hybridized carbons (Fsp3) is 0.300. The standard InChI is InChI=1S/C20H22N2O4/c1-4-26-20(24)19(22-16-8-5-14(12-21)6-9-16)15-7-10-18(25-3)17(11-15)13(2)23/h5-11,13,19,22-23H,4H2,1-3H3. The fourth-order valence-electron chi connectivity index (χ4n) is 2.57. The third-order valence-corrected chi connectivity index (χ3v) is 3.88. The van der Waals surface area contributed by atoms with Crippen LogP contribution in [0.1, 0.15) is 42.7 Å². The number of methoxy groups -OCH3 is 1. The molecule has 0 radical (unpaired) electrons. The number of esters is 1. The predicted molar refractivity (Wildman–Crippen MR) is 97.8 cm³/mol. The van der Waals surface area contributed by atoms with Gasteiger partial charge in [-0.2, -0.15) is 5.26 Å². The minimum Gasteiger partial charge on any atom is -0.496 e. The highest BCUT2D eigenvalue weighted by atomic mass is 16.5. The third kappa shape index (κ3) is 4.52. The average Bonchev–Trinajstić information content (AvgIpc) is 2.66. The molecule has 6 heteroatoms. The number of benzene rings is 2. The van der Waals surface area contributed by atoms with Gasteiger partial charge in [0.05, 0.1) is 31.5 Å². The van der Waals surface area contributed by atoms with Gasteiger partial charge in [0.15, 0.2) is 6.04 Å².